The van der Waals surface area contributed by atoms with Gasteiger partial charge in [0.05, 0.1) is 30.6 Å². The number of esters is 1. The summed E-state index contributed by atoms with van der Waals surface area (Å²) in [5, 5.41) is 7.94. The third-order valence-corrected chi connectivity index (χ3v) is 6.16. The van der Waals surface area contributed by atoms with Crippen molar-refractivity contribution in [2.24, 2.45) is 0 Å². The lowest BCUT2D eigenvalue weighted by Crippen LogP contribution is -2.26. The number of carbonyl (C=O) groups excluding carboxylic acids is 2. The summed E-state index contributed by atoms with van der Waals surface area (Å²) in [6, 6.07) is 6.29. The third kappa shape index (κ3) is 6.17. The highest BCUT2D eigenvalue weighted by atomic mass is 16.5. The minimum Gasteiger partial charge on any atom is -0.466 e. The summed E-state index contributed by atoms with van der Waals surface area (Å²) in [5.74, 6) is -0.500. The summed E-state index contributed by atoms with van der Waals surface area (Å²) in [6.07, 6.45) is 11.5. The maximum absolute atomic E-state index is 12.8. The van der Waals surface area contributed by atoms with Gasteiger partial charge in [-0.15, -0.1) is 0 Å². The molecule has 0 spiro atoms. The number of hydrogen-bond acceptors (Lipinski definition) is 7. The minimum absolute atomic E-state index is 0.185. The van der Waals surface area contributed by atoms with Gasteiger partial charge in [0.15, 0.2) is 0 Å². The molecule has 0 aromatic carbocycles. The van der Waals surface area contributed by atoms with E-state index in [-0.39, 0.29) is 24.1 Å². The van der Waals surface area contributed by atoms with Crippen molar-refractivity contribution >= 4 is 17.4 Å². The number of aromatic nitrogens is 5. The number of nitrogens with zero attached hydrogens (tertiary/aromatic N) is 5. The quantitative estimate of drug-likeness (QED) is 0.242. The van der Waals surface area contributed by atoms with Crippen molar-refractivity contribution in [2.75, 3.05) is 6.61 Å². The maximum atomic E-state index is 12.8. The molecule has 0 unspecified atom stereocenters. The van der Waals surface area contributed by atoms with Crippen molar-refractivity contribution < 1.29 is 14.3 Å². The average molecular weight is 501 g/mol. The van der Waals surface area contributed by atoms with Crippen LogP contribution in [0, 0.1) is 6.92 Å². The van der Waals surface area contributed by atoms with Crippen molar-refractivity contribution in [1.82, 2.24) is 29.9 Å². The molecule has 0 aliphatic carbocycles. The van der Waals surface area contributed by atoms with Crippen LogP contribution in [-0.4, -0.2) is 43.0 Å². The molecule has 0 fully saturated rings. The van der Waals surface area contributed by atoms with Crippen LogP contribution >= 0.6 is 0 Å². The van der Waals surface area contributed by atoms with E-state index in [9.17, 15) is 9.59 Å². The molecule has 1 amide bonds. The summed E-state index contributed by atoms with van der Waals surface area (Å²) in [5.41, 5.74) is 7.22. The van der Waals surface area contributed by atoms with Crippen molar-refractivity contribution in [1.29, 1.82) is 0 Å². The Balaban J connectivity index is 1.74. The Kier molecular flexibility index (Phi) is 8.56. The molecular formula is C28H32N6O3. The first kappa shape index (κ1) is 25.9. The number of pyridine rings is 1. The Morgan fingerprint density at radius 2 is 1.92 bits per heavy atom. The molecule has 0 radical (unpaired) electrons. The number of rotatable bonds is 11. The number of ether oxygens (including phenoxy) is 1. The van der Waals surface area contributed by atoms with Crippen LogP contribution in [0.25, 0.3) is 16.6 Å². The van der Waals surface area contributed by atoms with Gasteiger partial charge in [0, 0.05) is 48.0 Å². The van der Waals surface area contributed by atoms with Gasteiger partial charge in [-0.1, -0.05) is 6.92 Å². The monoisotopic (exact) mass is 500 g/mol. The van der Waals surface area contributed by atoms with Crippen LogP contribution in [-0.2, 0) is 28.9 Å². The second-order valence-corrected chi connectivity index (χ2v) is 8.81. The summed E-state index contributed by atoms with van der Waals surface area (Å²) >= 11 is 0. The molecule has 0 saturated heterocycles. The smallest absolute Gasteiger partial charge is 0.305 e. The third-order valence-electron chi connectivity index (χ3n) is 6.16. The van der Waals surface area contributed by atoms with Crippen LogP contribution in [0.1, 0.15) is 66.1 Å². The highest BCUT2D eigenvalue weighted by Crippen LogP contribution is 2.33. The molecular weight excluding hydrogens is 468 g/mol. The molecule has 0 bridgehead atoms. The van der Waals surface area contributed by atoms with Crippen LogP contribution < -0.4 is 5.32 Å². The fourth-order valence-corrected chi connectivity index (χ4v) is 4.43. The fraction of sp³-hybridized carbons (Fsp3) is 0.357. The molecule has 37 heavy (non-hydrogen) atoms. The average Bonchev–Trinajstić information content (AvgIpc) is 3.32. The Bertz CT molecular complexity index is 1380. The molecule has 0 atom stereocenters. The van der Waals surface area contributed by atoms with Gasteiger partial charge in [-0.3, -0.25) is 19.6 Å². The minimum atomic E-state index is -0.315. The van der Waals surface area contributed by atoms with Gasteiger partial charge in [-0.2, -0.15) is 5.10 Å². The van der Waals surface area contributed by atoms with Gasteiger partial charge < -0.3 is 10.1 Å². The van der Waals surface area contributed by atoms with Gasteiger partial charge in [-0.05, 0) is 68.9 Å². The van der Waals surface area contributed by atoms with E-state index in [1.54, 1.807) is 0 Å². The van der Waals surface area contributed by atoms with Crippen LogP contribution in [0.3, 0.4) is 0 Å². The molecule has 0 aliphatic rings. The SMILES string of the molecule is CCOC(=O)CCCCc1c(CNC(=O)c2cnccn2)nn2c(CC)ccc2c1-c1cncc(C)c1. The summed E-state index contributed by atoms with van der Waals surface area (Å²) in [4.78, 5) is 37.1. The molecule has 4 rings (SSSR count). The molecule has 4 aromatic rings. The number of unbranched alkanes of at least 4 members (excludes halogenated alkanes) is 1. The zero-order valence-electron chi connectivity index (χ0n) is 21.5. The first-order chi connectivity index (χ1) is 18.0. The Hall–Kier alpha value is -4.14. The van der Waals surface area contributed by atoms with Crippen LogP contribution in [0.2, 0.25) is 0 Å². The van der Waals surface area contributed by atoms with E-state index in [4.69, 9.17) is 9.84 Å². The Morgan fingerprint density at radius 1 is 1.05 bits per heavy atom. The van der Waals surface area contributed by atoms with Gasteiger partial charge >= 0.3 is 5.97 Å². The lowest BCUT2D eigenvalue weighted by Gasteiger charge is -2.18. The highest BCUT2D eigenvalue weighted by molar-refractivity contribution is 5.92. The molecule has 9 nitrogen and oxygen atoms in total. The Labute approximate surface area is 216 Å². The largest absolute Gasteiger partial charge is 0.466 e. The molecule has 4 heterocycles. The zero-order valence-corrected chi connectivity index (χ0v) is 21.5. The van der Waals surface area contributed by atoms with E-state index < -0.39 is 0 Å². The van der Waals surface area contributed by atoms with Gasteiger partial charge in [-0.25, -0.2) is 9.50 Å². The first-order valence-electron chi connectivity index (χ1n) is 12.7. The summed E-state index contributed by atoms with van der Waals surface area (Å²) in [7, 11) is 0. The van der Waals surface area contributed by atoms with Gasteiger partial charge in [0.1, 0.15) is 5.69 Å². The van der Waals surface area contributed by atoms with Crippen LogP contribution in [0.15, 0.2) is 49.2 Å². The highest BCUT2D eigenvalue weighted by Gasteiger charge is 2.20. The standard InChI is InChI=1S/C28H32N6O3/c1-4-21-10-11-25-27(20-14-19(3)15-30-16-20)22(8-6-7-9-26(35)37-5-2)23(33-34(21)25)18-32-28(36)24-17-29-12-13-31-24/h10-17H,4-9,18H2,1-3H3,(H,32,36). The molecule has 1 N–H and O–H groups in total. The number of aryl methyl sites for hydroxylation is 2. The van der Waals surface area contributed by atoms with Crippen LogP contribution in [0.4, 0.5) is 0 Å². The molecule has 9 heteroatoms. The van der Waals surface area contributed by atoms with E-state index in [0.29, 0.717) is 25.9 Å². The molecule has 0 aliphatic heterocycles. The number of nitrogens with one attached hydrogen (secondary N) is 1. The summed E-state index contributed by atoms with van der Waals surface area (Å²) in [6.45, 7) is 6.53. The van der Waals surface area contributed by atoms with Crippen molar-refractivity contribution in [3.8, 4) is 11.1 Å². The van der Waals surface area contributed by atoms with Crippen molar-refractivity contribution in [3.63, 3.8) is 0 Å². The van der Waals surface area contributed by atoms with Gasteiger partial charge in [0.25, 0.3) is 5.91 Å². The number of amides is 1. The van der Waals surface area contributed by atoms with Crippen molar-refractivity contribution in [3.05, 3.63) is 77.4 Å². The lowest BCUT2D eigenvalue weighted by molar-refractivity contribution is -0.143. The number of hydrogen-bond donors (Lipinski definition) is 1. The number of carbonyl (C=O) groups is 2. The van der Waals surface area contributed by atoms with E-state index in [1.165, 1.54) is 18.6 Å². The van der Waals surface area contributed by atoms with E-state index >= 15 is 0 Å². The lowest BCUT2D eigenvalue weighted by atomic mass is 9.94. The topological polar surface area (TPSA) is 111 Å². The predicted octanol–water partition coefficient (Wildman–Crippen LogP) is 4.26. The zero-order chi connectivity index (χ0) is 26.2. The predicted molar refractivity (Wildman–Crippen MR) is 140 cm³/mol. The number of fused-ring (bicyclic) bond motifs is 1. The molecule has 0 saturated carbocycles. The van der Waals surface area contributed by atoms with Gasteiger partial charge in [0.2, 0.25) is 0 Å². The Morgan fingerprint density at radius 3 is 2.65 bits per heavy atom. The second kappa shape index (κ2) is 12.2. The first-order valence-corrected chi connectivity index (χ1v) is 12.7. The van der Waals surface area contributed by atoms with E-state index in [2.05, 4.69) is 45.4 Å². The van der Waals surface area contributed by atoms with Crippen LogP contribution in [0.5, 0.6) is 0 Å². The molecule has 192 valence electrons. The molecule has 4 aromatic heterocycles. The van der Waals surface area contributed by atoms with E-state index in [0.717, 1.165) is 52.0 Å². The summed E-state index contributed by atoms with van der Waals surface area (Å²) < 4.78 is 7.04. The van der Waals surface area contributed by atoms with Crippen molar-refractivity contribution in [2.45, 2.75) is 59.4 Å². The normalized spacial score (nSPS) is 11.0. The van der Waals surface area contributed by atoms with E-state index in [1.807, 2.05) is 30.8 Å². The fourth-order valence-electron chi connectivity index (χ4n) is 4.43. The second-order valence-electron chi connectivity index (χ2n) is 8.81. The maximum Gasteiger partial charge on any atom is 0.305 e.